The number of fused-ring (bicyclic) bond motifs is 1. The van der Waals surface area contributed by atoms with E-state index in [2.05, 4.69) is 15.6 Å². The summed E-state index contributed by atoms with van der Waals surface area (Å²) < 4.78 is 34.9. The van der Waals surface area contributed by atoms with Crippen molar-refractivity contribution in [3.8, 4) is 6.19 Å². The number of aliphatic imine (C=N–C) groups is 1. The molecule has 2 saturated heterocycles. The number of nitriles is 1. The van der Waals surface area contributed by atoms with Crippen molar-refractivity contribution < 1.29 is 23.1 Å². The maximum atomic E-state index is 14.9. The minimum atomic E-state index is -0.753. The monoisotopic (exact) mass is 432 g/mol. The predicted molar refractivity (Wildman–Crippen MR) is 107 cm³/mol. The molecular weight excluding hydrogens is 410 g/mol. The molecule has 3 fully saturated rings. The number of rotatable bonds is 5. The summed E-state index contributed by atoms with van der Waals surface area (Å²) >= 11 is 0. The molecule has 1 aliphatic carbocycles. The highest BCUT2D eigenvalue weighted by Gasteiger charge is 2.56. The van der Waals surface area contributed by atoms with Crippen LogP contribution in [0.3, 0.4) is 0 Å². The van der Waals surface area contributed by atoms with Crippen LogP contribution < -0.4 is 20.4 Å². The van der Waals surface area contributed by atoms with Crippen molar-refractivity contribution in [2.45, 2.75) is 26.0 Å². The van der Waals surface area contributed by atoms with Gasteiger partial charge in [0, 0.05) is 44.0 Å². The number of nitrogens with one attached hydrogen (secondary N) is 2. The molecule has 3 aliphatic rings. The fourth-order valence-electron chi connectivity index (χ4n) is 4.31. The van der Waals surface area contributed by atoms with Crippen LogP contribution in [0.2, 0.25) is 0 Å². The van der Waals surface area contributed by atoms with Crippen LogP contribution in [0.4, 0.5) is 25.0 Å². The first-order valence-corrected chi connectivity index (χ1v) is 9.94. The van der Waals surface area contributed by atoms with Crippen molar-refractivity contribution >= 4 is 29.2 Å². The molecule has 164 valence electrons. The van der Waals surface area contributed by atoms with E-state index in [1.165, 1.54) is 6.92 Å². The summed E-state index contributed by atoms with van der Waals surface area (Å²) in [4.78, 5) is 30.4. The number of halogens is 2. The van der Waals surface area contributed by atoms with Gasteiger partial charge in [0.05, 0.1) is 24.8 Å². The van der Waals surface area contributed by atoms with E-state index in [9.17, 15) is 18.4 Å². The van der Waals surface area contributed by atoms with E-state index in [-0.39, 0.29) is 48.2 Å². The maximum Gasteiger partial charge on any atom is 0.414 e. The number of nitrogens with zero attached hydrogens (tertiary/aromatic N) is 4. The summed E-state index contributed by atoms with van der Waals surface area (Å²) in [5.74, 6) is -0.851. The molecule has 2 heterocycles. The SMILES string of the molecule is CC(=O)NC[C@H]1CN(c2cc(F)c(N3C[C@@H]4C(N=C(C)NC#N)[C@@H]4C3)c(F)c2)C(=O)O1. The number of benzene rings is 1. The van der Waals surface area contributed by atoms with Crippen LogP contribution in [0.15, 0.2) is 17.1 Å². The first-order chi connectivity index (χ1) is 14.8. The molecule has 4 atom stereocenters. The minimum absolute atomic E-state index is 0.0578. The Kier molecular flexibility index (Phi) is 5.39. The van der Waals surface area contributed by atoms with Crippen molar-refractivity contribution in [2.24, 2.45) is 16.8 Å². The van der Waals surface area contributed by atoms with Gasteiger partial charge in [-0.25, -0.2) is 13.6 Å². The summed E-state index contributed by atoms with van der Waals surface area (Å²) in [7, 11) is 0. The maximum absolute atomic E-state index is 14.9. The van der Waals surface area contributed by atoms with E-state index in [1.54, 1.807) is 11.8 Å². The Morgan fingerprint density at radius 1 is 1.26 bits per heavy atom. The molecule has 1 aromatic rings. The van der Waals surface area contributed by atoms with Crippen molar-refractivity contribution in [3.05, 3.63) is 23.8 Å². The third-order valence-corrected chi connectivity index (χ3v) is 5.81. The number of amides is 2. The molecule has 11 heteroatoms. The first kappa shape index (κ1) is 20.8. The number of carbonyl (C=O) groups is 2. The van der Waals surface area contributed by atoms with E-state index in [0.29, 0.717) is 18.9 Å². The minimum Gasteiger partial charge on any atom is -0.442 e. The van der Waals surface area contributed by atoms with E-state index in [1.807, 2.05) is 6.19 Å². The Morgan fingerprint density at radius 2 is 1.90 bits per heavy atom. The van der Waals surface area contributed by atoms with Gasteiger partial charge in [0.15, 0.2) is 17.8 Å². The molecule has 1 aromatic carbocycles. The Labute approximate surface area is 177 Å². The molecule has 1 saturated carbocycles. The Bertz CT molecular complexity index is 959. The van der Waals surface area contributed by atoms with Gasteiger partial charge in [-0.05, 0) is 6.92 Å². The van der Waals surface area contributed by atoms with Gasteiger partial charge in [-0.15, -0.1) is 0 Å². The van der Waals surface area contributed by atoms with Crippen molar-refractivity contribution in [1.29, 1.82) is 5.26 Å². The number of ether oxygens (including phenoxy) is 1. The van der Waals surface area contributed by atoms with Gasteiger partial charge >= 0.3 is 6.09 Å². The van der Waals surface area contributed by atoms with Gasteiger partial charge in [0.2, 0.25) is 5.91 Å². The second kappa shape index (κ2) is 8.02. The van der Waals surface area contributed by atoms with Crippen LogP contribution in [0.1, 0.15) is 13.8 Å². The number of amidine groups is 1. The molecule has 9 nitrogen and oxygen atoms in total. The highest BCUT2D eigenvalue weighted by atomic mass is 19.1. The predicted octanol–water partition coefficient (Wildman–Crippen LogP) is 1.35. The molecule has 0 spiro atoms. The molecule has 2 aliphatic heterocycles. The van der Waals surface area contributed by atoms with Gasteiger partial charge in [-0.3, -0.25) is 20.0 Å². The van der Waals surface area contributed by atoms with Gasteiger partial charge in [0.25, 0.3) is 0 Å². The average Bonchev–Trinajstić information content (AvgIpc) is 3.04. The molecule has 1 unspecified atom stereocenters. The molecule has 0 radical (unpaired) electrons. The third-order valence-electron chi connectivity index (χ3n) is 5.81. The smallest absolute Gasteiger partial charge is 0.414 e. The van der Waals surface area contributed by atoms with E-state index >= 15 is 0 Å². The second-order valence-electron chi connectivity index (χ2n) is 7.99. The second-order valence-corrected chi connectivity index (χ2v) is 7.99. The summed E-state index contributed by atoms with van der Waals surface area (Å²) in [6.07, 6.45) is 0.507. The van der Waals surface area contributed by atoms with Gasteiger partial charge in [0.1, 0.15) is 17.6 Å². The summed E-state index contributed by atoms with van der Waals surface area (Å²) in [5, 5.41) is 13.7. The first-order valence-electron chi connectivity index (χ1n) is 9.94. The fraction of sp³-hybridized carbons (Fsp3) is 0.500. The van der Waals surface area contributed by atoms with Crippen molar-refractivity contribution in [1.82, 2.24) is 10.6 Å². The molecule has 0 aromatic heterocycles. The van der Waals surface area contributed by atoms with Crippen molar-refractivity contribution in [2.75, 3.05) is 36.0 Å². The summed E-state index contributed by atoms with van der Waals surface area (Å²) in [6, 6.07) is 2.31. The van der Waals surface area contributed by atoms with Gasteiger partial charge in [-0.1, -0.05) is 0 Å². The van der Waals surface area contributed by atoms with Crippen LogP contribution in [0.25, 0.3) is 0 Å². The Morgan fingerprint density at radius 3 is 2.48 bits per heavy atom. The zero-order chi connectivity index (χ0) is 22.3. The van der Waals surface area contributed by atoms with E-state index in [4.69, 9.17) is 10.00 Å². The lowest BCUT2D eigenvalue weighted by Gasteiger charge is -2.24. The summed E-state index contributed by atoms with van der Waals surface area (Å²) in [6.45, 7) is 4.20. The molecule has 0 bridgehead atoms. The normalized spacial score (nSPS) is 26.9. The zero-order valence-electron chi connectivity index (χ0n) is 17.1. The van der Waals surface area contributed by atoms with Crippen molar-refractivity contribution in [3.63, 3.8) is 0 Å². The third kappa shape index (κ3) is 4.10. The van der Waals surface area contributed by atoms with Gasteiger partial charge in [-0.2, -0.15) is 5.26 Å². The zero-order valence-corrected chi connectivity index (χ0v) is 17.1. The highest BCUT2D eigenvalue weighted by Crippen LogP contribution is 2.50. The molecule has 2 amide bonds. The number of anilines is 2. The molecule has 31 heavy (non-hydrogen) atoms. The van der Waals surface area contributed by atoms with Gasteiger partial charge < -0.3 is 15.0 Å². The van der Waals surface area contributed by atoms with Crippen LogP contribution >= 0.6 is 0 Å². The van der Waals surface area contributed by atoms with Crippen LogP contribution in [0.5, 0.6) is 0 Å². The number of cyclic esters (lactones) is 1. The average molecular weight is 432 g/mol. The standard InChI is InChI=1S/C20H22F2N6O3/c1-10(25-9-23)26-18-14-7-27(8-15(14)18)19-16(21)3-12(4-17(19)22)28-6-13(31-20(28)30)5-24-11(2)29/h3-4,13-15,18H,5-8H2,1-2H3,(H,24,29)(H,25,26)/t13-,14-,15+,18?/m0/s1. The van der Waals surface area contributed by atoms with Crippen LogP contribution in [-0.4, -0.2) is 56.2 Å². The van der Waals surface area contributed by atoms with Crippen LogP contribution in [-0.2, 0) is 9.53 Å². The topological polar surface area (TPSA) is 110 Å². The fourth-order valence-corrected chi connectivity index (χ4v) is 4.31. The highest BCUT2D eigenvalue weighted by molar-refractivity contribution is 5.90. The number of hydrogen-bond donors (Lipinski definition) is 2. The molecule has 4 rings (SSSR count). The lowest BCUT2D eigenvalue weighted by Crippen LogP contribution is -2.33. The number of piperidine rings is 1. The lowest BCUT2D eigenvalue weighted by molar-refractivity contribution is -0.119. The van der Waals surface area contributed by atoms with Crippen LogP contribution in [0, 0.1) is 34.9 Å². The largest absolute Gasteiger partial charge is 0.442 e. The lowest BCUT2D eigenvalue weighted by atomic mass is 10.2. The quantitative estimate of drug-likeness (QED) is 0.315. The Hall–Kier alpha value is -3.42. The van der Waals surface area contributed by atoms with E-state index < -0.39 is 23.8 Å². The number of carbonyl (C=O) groups excluding carboxylic acids is 2. The number of hydrogen-bond acceptors (Lipinski definition) is 6. The molecule has 2 N–H and O–H groups in total. The molecular formula is C20H22F2N6O3. The van der Waals surface area contributed by atoms with E-state index in [0.717, 1.165) is 17.0 Å². The Balaban J connectivity index is 1.43. The summed E-state index contributed by atoms with van der Waals surface area (Å²) in [5.41, 5.74) is -0.0491.